The molecule has 0 aliphatic heterocycles. The Morgan fingerprint density at radius 2 is 2.05 bits per heavy atom. The number of nitrogens with two attached hydrogens (primary N) is 1. The molecule has 2 rings (SSSR count). The van der Waals surface area contributed by atoms with Crippen molar-refractivity contribution in [1.82, 2.24) is 0 Å². The first kappa shape index (κ1) is 13.8. The van der Waals surface area contributed by atoms with Crippen LogP contribution in [0.1, 0.15) is 11.1 Å². The van der Waals surface area contributed by atoms with Crippen LogP contribution in [0.25, 0.3) is 0 Å². The van der Waals surface area contributed by atoms with Gasteiger partial charge in [-0.2, -0.15) is 0 Å². The molecule has 5 heteroatoms. The Kier molecular flexibility index (Phi) is 4.35. The number of ether oxygens (including phenoxy) is 1. The third-order valence-corrected chi connectivity index (χ3v) is 3.12. The third-order valence-electron chi connectivity index (χ3n) is 2.53. The van der Waals surface area contributed by atoms with E-state index in [0.29, 0.717) is 21.3 Å². The van der Waals surface area contributed by atoms with Gasteiger partial charge in [-0.25, -0.2) is 4.39 Å². The summed E-state index contributed by atoms with van der Waals surface area (Å²) < 4.78 is 18.5. The van der Waals surface area contributed by atoms with Crippen molar-refractivity contribution >= 4 is 28.8 Å². The Balaban J connectivity index is 2.10. The lowest BCUT2D eigenvalue weighted by molar-refractivity contribution is 0.306. The van der Waals surface area contributed by atoms with Crippen LogP contribution in [0.2, 0.25) is 5.02 Å². The highest BCUT2D eigenvalue weighted by Crippen LogP contribution is 2.20. The zero-order valence-corrected chi connectivity index (χ0v) is 11.5. The van der Waals surface area contributed by atoms with E-state index < -0.39 is 0 Å². The molecule has 2 aromatic carbocycles. The number of rotatable bonds is 4. The van der Waals surface area contributed by atoms with Gasteiger partial charge in [-0.1, -0.05) is 42.0 Å². The number of hydrogen-bond acceptors (Lipinski definition) is 2. The smallest absolute Gasteiger partial charge is 0.124 e. The molecule has 98 valence electrons. The molecular formula is C14H11ClFNOS. The molecule has 19 heavy (non-hydrogen) atoms. The quantitative estimate of drug-likeness (QED) is 0.874. The monoisotopic (exact) mass is 295 g/mol. The number of benzene rings is 2. The van der Waals surface area contributed by atoms with E-state index in [4.69, 9.17) is 34.3 Å². The van der Waals surface area contributed by atoms with Crippen LogP contribution in [0.15, 0.2) is 42.5 Å². The van der Waals surface area contributed by atoms with Gasteiger partial charge in [0.05, 0.1) is 5.02 Å². The maximum Gasteiger partial charge on any atom is 0.124 e. The fourth-order valence-electron chi connectivity index (χ4n) is 1.54. The minimum atomic E-state index is -0.371. The molecule has 2 nitrogen and oxygen atoms in total. The largest absolute Gasteiger partial charge is 0.489 e. The van der Waals surface area contributed by atoms with Crippen LogP contribution in [-0.2, 0) is 6.61 Å². The van der Waals surface area contributed by atoms with Crippen LogP contribution in [0, 0.1) is 5.82 Å². The summed E-state index contributed by atoms with van der Waals surface area (Å²) in [5.41, 5.74) is 6.99. The second-order valence-corrected chi connectivity index (χ2v) is 4.76. The summed E-state index contributed by atoms with van der Waals surface area (Å²) in [5.74, 6) is 0.259. The highest BCUT2D eigenvalue weighted by molar-refractivity contribution is 7.80. The van der Waals surface area contributed by atoms with Crippen molar-refractivity contribution in [1.29, 1.82) is 0 Å². The molecule has 0 amide bonds. The van der Waals surface area contributed by atoms with Crippen LogP contribution in [0.3, 0.4) is 0 Å². The maximum absolute atomic E-state index is 12.9. The van der Waals surface area contributed by atoms with Crippen molar-refractivity contribution in [3.8, 4) is 5.75 Å². The predicted octanol–water partition coefficient (Wildman–Crippen LogP) is 3.69. The van der Waals surface area contributed by atoms with Crippen molar-refractivity contribution in [2.45, 2.75) is 6.61 Å². The summed E-state index contributed by atoms with van der Waals surface area (Å²) in [5, 5.41) is 0.338. The molecule has 0 aliphatic carbocycles. The first-order chi connectivity index (χ1) is 9.06. The Hall–Kier alpha value is -1.65. The van der Waals surface area contributed by atoms with Crippen molar-refractivity contribution in [3.05, 3.63) is 64.4 Å². The molecule has 0 fully saturated rings. The molecule has 0 aromatic heterocycles. The molecule has 0 atom stereocenters. The van der Waals surface area contributed by atoms with Gasteiger partial charge in [-0.15, -0.1) is 0 Å². The summed E-state index contributed by atoms with van der Waals surface area (Å²) in [6.45, 7) is 0.250. The van der Waals surface area contributed by atoms with Crippen LogP contribution in [0.4, 0.5) is 4.39 Å². The van der Waals surface area contributed by atoms with E-state index in [2.05, 4.69) is 0 Å². The Bertz CT molecular complexity index is 618. The SMILES string of the molecule is NC(=S)c1cccc(OCc2ccc(F)cc2Cl)c1. The van der Waals surface area contributed by atoms with Gasteiger partial charge in [0.25, 0.3) is 0 Å². The Labute approximate surface area is 120 Å². The standard InChI is InChI=1S/C14H11ClFNOS/c15-13-7-11(16)5-4-10(13)8-18-12-3-1-2-9(6-12)14(17)19/h1-7H,8H2,(H2,17,19). The second kappa shape index (κ2) is 5.99. The molecule has 0 saturated heterocycles. The van der Waals surface area contributed by atoms with E-state index in [1.54, 1.807) is 30.3 Å². The fourth-order valence-corrected chi connectivity index (χ4v) is 1.89. The molecular weight excluding hydrogens is 285 g/mol. The third kappa shape index (κ3) is 3.66. The molecule has 0 heterocycles. The van der Waals surface area contributed by atoms with Crippen LogP contribution in [0.5, 0.6) is 5.75 Å². The van der Waals surface area contributed by atoms with Gasteiger partial charge in [0, 0.05) is 11.1 Å². The van der Waals surface area contributed by atoms with E-state index in [1.165, 1.54) is 12.1 Å². The normalized spacial score (nSPS) is 10.2. The lowest BCUT2D eigenvalue weighted by Crippen LogP contribution is -2.09. The van der Waals surface area contributed by atoms with Crippen molar-refractivity contribution in [2.75, 3.05) is 0 Å². The van der Waals surface area contributed by atoms with Gasteiger partial charge in [0.1, 0.15) is 23.2 Å². The van der Waals surface area contributed by atoms with Crippen molar-refractivity contribution in [3.63, 3.8) is 0 Å². The van der Waals surface area contributed by atoms with Gasteiger partial charge in [-0.05, 0) is 24.3 Å². The lowest BCUT2D eigenvalue weighted by Gasteiger charge is -2.09. The summed E-state index contributed by atoms with van der Waals surface area (Å²) in [4.78, 5) is 0.310. The van der Waals surface area contributed by atoms with E-state index in [9.17, 15) is 4.39 Å². The van der Waals surface area contributed by atoms with Crippen molar-refractivity contribution in [2.24, 2.45) is 5.73 Å². The van der Waals surface area contributed by atoms with E-state index >= 15 is 0 Å². The first-order valence-corrected chi connectivity index (χ1v) is 6.31. The summed E-state index contributed by atoms with van der Waals surface area (Å²) >= 11 is 10.8. The van der Waals surface area contributed by atoms with E-state index in [0.717, 1.165) is 5.56 Å². The average Bonchev–Trinajstić information content (AvgIpc) is 2.38. The van der Waals surface area contributed by atoms with Gasteiger partial charge >= 0.3 is 0 Å². The topological polar surface area (TPSA) is 35.2 Å². The number of thiocarbonyl (C=S) groups is 1. The van der Waals surface area contributed by atoms with Gasteiger partial charge in [0.15, 0.2) is 0 Å². The highest BCUT2D eigenvalue weighted by Gasteiger charge is 2.04. The van der Waals surface area contributed by atoms with E-state index in [1.807, 2.05) is 0 Å². The molecule has 0 aliphatic rings. The molecule has 0 unspecified atom stereocenters. The predicted molar refractivity (Wildman–Crippen MR) is 78.1 cm³/mol. The van der Waals surface area contributed by atoms with Crippen molar-refractivity contribution < 1.29 is 9.13 Å². The summed E-state index contributed by atoms with van der Waals surface area (Å²) in [7, 11) is 0. The highest BCUT2D eigenvalue weighted by atomic mass is 35.5. The maximum atomic E-state index is 12.9. The lowest BCUT2D eigenvalue weighted by atomic mass is 10.2. The summed E-state index contributed by atoms with van der Waals surface area (Å²) in [6.07, 6.45) is 0. The summed E-state index contributed by atoms with van der Waals surface area (Å²) in [6, 6.07) is 11.3. The molecule has 0 saturated carbocycles. The second-order valence-electron chi connectivity index (χ2n) is 3.92. The zero-order chi connectivity index (χ0) is 13.8. The van der Waals surface area contributed by atoms with E-state index in [-0.39, 0.29) is 12.4 Å². The van der Waals surface area contributed by atoms with Crippen LogP contribution >= 0.6 is 23.8 Å². The first-order valence-electron chi connectivity index (χ1n) is 5.53. The molecule has 2 N–H and O–H groups in total. The Morgan fingerprint density at radius 3 is 2.74 bits per heavy atom. The molecule has 2 aromatic rings. The molecule has 0 radical (unpaired) electrons. The zero-order valence-electron chi connectivity index (χ0n) is 9.90. The van der Waals surface area contributed by atoms with Gasteiger partial charge in [0.2, 0.25) is 0 Å². The van der Waals surface area contributed by atoms with Crippen LogP contribution in [-0.4, -0.2) is 4.99 Å². The number of hydrogen-bond donors (Lipinski definition) is 1. The average molecular weight is 296 g/mol. The fraction of sp³-hybridized carbons (Fsp3) is 0.0714. The van der Waals surface area contributed by atoms with Gasteiger partial charge < -0.3 is 10.5 Å². The number of halogens is 2. The Morgan fingerprint density at radius 1 is 1.26 bits per heavy atom. The minimum absolute atomic E-state index is 0.250. The molecule has 0 spiro atoms. The van der Waals surface area contributed by atoms with Gasteiger partial charge in [-0.3, -0.25) is 0 Å². The minimum Gasteiger partial charge on any atom is -0.489 e. The molecule has 0 bridgehead atoms. The van der Waals surface area contributed by atoms with Crippen LogP contribution < -0.4 is 10.5 Å².